The average Bonchev–Trinajstić information content (AvgIpc) is 3.00. The summed E-state index contributed by atoms with van der Waals surface area (Å²) in [4.78, 5) is 16.6. The van der Waals surface area contributed by atoms with Gasteiger partial charge in [-0.2, -0.15) is 5.10 Å². The van der Waals surface area contributed by atoms with Gasteiger partial charge in [0.2, 0.25) is 0 Å². The zero-order valence-electron chi connectivity index (χ0n) is 14.8. The lowest BCUT2D eigenvalue weighted by atomic mass is 10.2. The number of hydrazone groups is 1. The normalized spacial score (nSPS) is 11.0. The third-order valence-corrected chi connectivity index (χ3v) is 5.44. The van der Waals surface area contributed by atoms with Crippen LogP contribution in [-0.4, -0.2) is 17.1 Å². The van der Waals surface area contributed by atoms with Crippen LogP contribution in [-0.2, 0) is 6.61 Å². The van der Waals surface area contributed by atoms with Gasteiger partial charge in [-0.15, -0.1) is 0 Å². The first-order valence-corrected chi connectivity index (χ1v) is 9.74. The minimum atomic E-state index is -0.371. The number of thiazole rings is 1. The molecule has 0 fully saturated rings. The lowest BCUT2D eigenvalue weighted by molar-refractivity contribution is 0.0958. The van der Waals surface area contributed by atoms with Crippen molar-refractivity contribution in [2.24, 2.45) is 5.10 Å². The number of aromatic nitrogens is 1. The molecule has 2 aromatic carbocycles. The molecule has 0 atom stereocenters. The van der Waals surface area contributed by atoms with Gasteiger partial charge < -0.3 is 10.5 Å². The lowest BCUT2D eigenvalue weighted by Crippen LogP contribution is -2.17. The fraction of sp³-hybridized carbons (Fsp3) is 0.105. The maximum atomic E-state index is 12.2. The van der Waals surface area contributed by atoms with Crippen molar-refractivity contribution in [1.82, 2.24) is 10.4 Å². The van der Waals surface area contributed by atoms with Gasteiger partial charge in [0.1, 0.15) is 17.2 Å². The highest BCUT2D eigenvalue weighted by atomic mass is 35.5. The van der Waals surface area contributed by atoms with Crippen LogP contribution in [0.25, 0.3) is 0 Å². The van der Waals surface area contributed by atoms with Crippen molar-refractivity contribution in [1.29, 1.82) is 0 Å². The number of aryl methyl sites for hydroxylation is 1. The summed E-state index contributed by atoms with van der Waals surface area (Å²) < 4.78 is 5.85. The molecule has 3 rings (SSSR count). The molecule has 0 radical (unpaired) electrons. The molecule has 144 valence electrons. The number of amides is 1. The van der Waals surface area contributed by atoms with E-state index >= 15 is 0 Å². The molecule has 0 aliphatic heterocycles. The van der Waals surface area contributed by atoms with Crippen molar-refractivity contribution < 1.29 is 9.53 Å². The molecule has 28 heavy (non-hydrogen) atoms. The minimum Gasteiger partial charge on any atom is -0.488 e. The molecule has 1 heterocycles. The molecule has 0 saturated carbocycles. The monoisotopic (exact) mass is 434 g/mol. The molecule has 0 aliphatic carbocycles. The van der Waals surface area contributed by atoms with E-state index < -0.39 is 0 Å². The Morgan fingerprint density at radius 1 is 1.25 bits per heavy atom. The summed E-state index contributed by atoms with van der Waals surface area (Å²) in [5.41, 5.74) is 10.0. The van der Waals surface area contributed by atoms with E-state index in [9.17, 15) is 4.79 Å². The number of nitrogen functional groups attached to an aromatic ring is 1. The Hall–Kier alpha value is -2.61. The molecular formula is C19H16Cl2N4O2S. The first-order chi connectivity index (χ1) is 13.5. The molecule has 0 saturated heterocycles. The highest BCUT2D eigenvalue weighted by Gasteiger charge is 2.13. The zero-order chi connectivity index (χ0) is 20.1. The van der Waals surface area contributed by atoms with Crippen LogP contribution in [0.15, 0.2) is 47.6 Å². The first kappa shape index (κ1) is 20.1. The minimum absolute atomic E-state index is 0.203. The number of halogens is 2. The van der Waals surface area contributed by atoms with E-state index in [0.717, 1.165) is 11.3 Å². The number of carbonyl (C=O) groups excluding carboxylic acids is 1. The smallest absolute Gasteiger partial charge is 0.283 e. The second kappa shape index (κ2) is 9.05. The molecular weight excluding hydrogens is 419 g/mol. The van der Waals surface area contributed by atoms with Gasteiger partial charge in [-0.25, -0.2) is 10.4 Å². The zero-order valence-corrected chi connectivity index (χ0v) is 17.1. The number of benzene rings is 2. The van der Waals surface area contributed by atoms with Gasteiger partial charge in [-0.3, -0.25) is 4.79 Å². The maximum absolute atomic E-state index is 12.2. The second-order valence-electron chi connectivity index (χ2n) is 5.69. The summed E-state index contributed by atoms with van der Waals surface area (Å²) in [7, 11) is 0. The Morgan fingerprint density at radius 2 is 1.96 bits per heavy atom. The topological polar surface area (TPSA) is 89.6 Å². The molecule has 0 aliphatic rings. The van der Waals surface area contributed by atoms with E-state index in [2.05, 4.69) is 15.5 Å². The van der Waals surface area contributed by atoms with Crippen LogP contribution in [0.2, 0.25) is 10.0 Å². The Labute approximate surface area is 176 Å². The van der Waals surface area contributed by atoms with Crippen molar-refractivity contribution >= 4 is 51.8 Å². The Balaban J connectivity index is 1.69. The molecule has 0 unspecified atom stereocenters. The highest BCUT2D eigenvalue weighted by Crippen LogP contribution is 2.26. The molecule has 1 amide bonds. The van der Waals surface area contributed by atoms with Crippen LogP contribution in [0.5, 0.6) is 5.75 Å². The second-order valence-corrected chi connectivity index (χ2v) is 7.54. The molecule has 0 spiro atoms. The van der Waals surface area contributed by atoms with Gasteiger partial charge >= 0.3 is 0 Å². The molecule has 0 bridgehead atoms. The summed E-state index contributed by atoms with van der Waals surface area (Å²) in [6, 6.07) is 12.6. The summed E-state index contributed by atoms with van der Waals surface area (Å²) in [6.07, 6.45) is 1.50. The SMILES string of the molecule is Cc1nc(N)sc1C(=O)N/N=C/c1ccccc1OCc1c(Cl)cccc1Cl. The number of hydrogen-bond donors (Lipinski definition) is 2. The van der Waals surface area contributed by atoms with Crippen LogP contribution in [0, 0.1) is 6.92 Å². The number of rotatable bonds is 6. The summed E-state index contributed by atoms with van der Waals surface area (Å²) in [6.45, 7) is 1.92. The van der Waals surface area contributed by atoms with Crippen molar-refractivity contribution in [2.45, 2.75) is 13.5 Å². The maximum Gasteiger partial charge on any atom is 0.283 e. The van der Waals surface area contributed by atoms with E-state index in [-0.39, 0.29) is 12.5 Å². The van der Waals surface area contributed by atoms with Gasteiger partial charge in [-0.1, -0.05) is 52.7 Å². The Kier molecular flexibility index (Phi) is 6.51. The van der Waals surface area contributed by atoms with Crippen molar-refractivity contribution in [3.8, 4) is 5.75 Å². The van der Waals surface area contributed by atoms with Gasteiger partial charge in [0, 0.05) is 21.2 Å². The first-order valence-electron chi connectivity index (χ1n) is 8.16. The van der Waals surface area contributed by atoms with E-state index in [1.54, 1.807) is 31.2 Å². The van der Waals surface area contributed by atoms with Crippen LogP contribution in [0.3, 0.4) is 0 Å². The van der Waals surface area contributed by atoms with E-state index in [1.807, 2.05) is 18.2 Å². The lowest BCUT2D eigenvalue weighted by Gasteiger charge is -2.11. The van der Waals surface area contributed by atoms with Crippen molar-refractivity contribution in [3.63, 3.8) is 0 Å². The molecule has 3 N–H and O–H groups in total. The summed E-state index contributed by atoms with van der Waals surface area (Å²) in [5.74, 6) is 0.207. The quantitative estimate of drug-likeness (QED) is 0.435. The van der Waals surface area contributed by atoms with Crippen molar-refractivity contribution in [3.05, 3.63) is 74.2 Å². The van der Waals surface area contributed by atoms with Gasteiger partial charge in [-0.05, 0) is 31.2 Å². The number of anilines is 1. The van der Waals surface area contributed by atoms with Crippen LogP contribution < -0.4 is 15.9 Å². The number of para-hydroxylation sites is 1. The number of hydrogen-bond acceptors (Lipinski definition) is 6. The molecule has 9 heteroatoms. The third-order valence-electron chi connectivity index (χ3n) is 3.74. The van der Waals surface area contributed by atoms with E-state index in [0.29, 0.717) is 42.6 Å². The standard InChI is InChI=1S/C19H16Cl2N4O2S/c1-11-17(28-19(22)24-11)18(26)25-23-9-12-5-2-3-8-16(12)27-10-13-14(20)6-4-7-15(13)21/h2-9H,10H2,1H3,(H2,22,24)(H,25,26)/b23-9+. The number of ether oxygens (including phenoxy) is 1. The van der Waals surface area contributed by atoms with Crippen molar-refractivity contribution in [2.75, 3.05) is 5.73 Å². The van der Waals surface area contributed by atoms with E-state index in [4.69, 9.17) is 33.7 Å². The van der Waals surface area contributed by atoms with Gasteiger partial charge in [0.05, 0.1) is 11.9 Å². The molecule has 6 nitrogen and oxygen atoms in total. The van der Waals surface area contributed by atoms with E-state index in [1.165, 1.54) is 6.21 Å². The summed E-state index contributed by atoms with van der Waals surface area (Å²) in [5, 5.41) is 5.40. The number of nitrogens with one attached hydrogen (secondary N) is 1. The predicted molar refractivity (Wildman–Crippen MR) is 114 cm³/mol. The van der Waals surface area contributed by atoms with Crippen LogP contribution in [0.4, 0.5) is 5.13 Å². The Morgan fingerprint density at radius 3 is 2.64 bits per heavy atom. The van der Waals surface area contributed by atoms with Gasteiger partial charge in [0.25, 0.3) is 5.91 Å². The highest BCUT2D eigenvalue weighted by molar-refractivity contribution is 7.17. The predicted octanol–water partition coefficient (Wildman–Crippen LogP) is 4.68. The van der Waals surface area contributed by atoms with Crippen LogP contribution >= 0.6 is 34.5 Å². The van der Waals surface area contributed by atoms with Crippen LogP contribution in [0.1, 0.15) is 26.5 Å². The number of nitrogens with two attached hydrogens (primary N) is 1. The number of nitrogens with zero attached hydrogens (tertiary/aromatic N) is 2. The number of carbonyl (C=O) groups is 1. The molecule has 3 aromatic rings. The average molecular weight is 435 g/mol. The fourth-order valence-corrected chi connectivity index (χ4v) is 3.61. The Bertz CT molecular complexity index is 1020. The largest absolute Gasteiger partial charge is 0.488 e. The van der Waals surface area contributed by atoms with Gasteiger partial charge in [0.15, 0.2) is 5.13 Å². The fourth-order valence-electron chi connectivity index (χ4n) is 2.38. The molecule has 1 aromatic heterocycles. The summed E-state index contributed by atoms with van der Waals surface area (Å²) >= 11 is 13.5. The third kappa shape index (κ3) is 4.81.